The van der Waals surface area contributed by atoms with Crippen LogP contribution in [-0.4, -0.2) is 39.3 Å². The van der Waals surface area contributed by atoms with Gasteiger partial charge in [-0.1, -0.05) is 17.7 Å². The van der Waals surface area contributed by atoms with E-state index in [1.807, 2.05) is 0 Å². The Bertz CT molecular complexity index is 1410. The summed E-state index contributed by atoms with van der Waals surface area (Å²) in [5, 5.41) is 20.9. The standard InChI is InChI=1S/C20H18ClN5O5S/c1-11-17(21)19-23-22-18(26(19)24-11)12(2)31-15-8-6-14(7-9-15)25-32(29,30)16-5-3-4-13(10-16)20(27)28/h3-10,12,23,25H,1-2H3,(H,27,28). The van der Waals surface area contributed by atoms with E-state index in [9.17, 15) is 13.2 Å². The van der Waals surface area contributed by atoms with Crippen LogP contribution in [0.15, 0.2) is 53.4 Å². The molecule has 0 spiro atoms. The Morgan fingerprint density at radius 3 is 2.66 bits per heavy atom. The van der Waals surface area contributed by atoms with Gasteiger partial charge >= 0.3 is 5.97 Å². The average molecular weight is 476 g/mol. The van der Waals surface area contributed by atoms with Crippen LogP contribution < -0.4 is 9.46 Å². The van der Waals surface area contributed by atoms with E-state index in [4.69, 9.17) is 21.4 Å². The van der Waals surface area contributed by atoms with Crippen molar-refractivity contribution in [3.05, 3.63) is 70.6 Å². The van der Waals surface area contributed by atoms with Crippen molar-refractivity contribution in [3.8, 4) is 5.75 Å². The number of carbonyl (C=O) groups is 1. The highest BCUT2D eigenvalue weighted by molar-refractivity contribution is 7.92. The molecule has 10 nitrogen and oxygen atoms in total. The highest BCUT2D eigenvalue weighted by Gasteiger charge is 2.20. The van der Waals surface area contributed by atoms with Gasteiger partial charge in [-0.05, 0) is 56.3 Å². The van der Waals surface area contributed by atoms with Crippen LogP contribution in [0.25, 0.3) is 5.65 Å². The van der Waals surface area contributed by atoms with Gasteiger partial charge in [0, 0.05) is 5.69 Å². The molecule has 0 aliphatic heterocycles. The number of nitrogens with zero attached hydrogens (tertiary/aromatic N) is 3. The van der Waals surface area contributed by atoms with E-state index >= 15 is 0 Å². The van der Waals surface area contributed by atoms with Crippen molar-refractivity contribution in [2.75, 3.05) is 4.72 Å². The Kier molecular flexibility index (Phi) is 5.53. The van der Waals surface area contributed by atoms with E-state index in [0.29, 0.717) is 33.6 Å². The summed E-state index contributed by atoms with van der Waals surface area (Å²) in [6.45, 7) is 3.59. The lowest BCUT2D eigenvalue weighted by atomic mass is 10.2. The smallest absolute Gasteiger partial charge is 0.335 e. The first kappa shape index (κ1) is 21.7. The number of aryl methyl sites for hydroxylation is 1. The van der Waals surface area contributed by atoms with Crippen LogP contribution in [-0.2, 0) is 10.0 Å². The van der Waals surface area contributed by atoms with Crippen LogP contribution in [0, 0.1) is 6.92 Å². The van der Waals surface area contributed by atoms with Crippen LogP contribution in [0.3, 0.4) is 0 Å². The second-order valence-corrected chi connectivity index (χ2v) is 9.02. The molecule has 3 N–H and O–H groups in total. The second-order valence-electron chi connectivity index (χ2n) is 6.96. The Hall–Kier alpha value is -3.57. The predicted octanol–water partition coefficient (Wildman–Crippen LogP) is 3.66. The molecule has 0 radical (unpaired) electrons. The Morgan fingerprint density at radius 1 is 1.25 bits per heavy atom. The minimum absolute atomic E-state index is 0.119. The monoisotopic (exact) mass is 475 g/mol. The molecule has 0 saturated heterocycles. The molecular weight excluding hydrogens is 458 g/mol. The molecule has 1 unspecified atom stereocenters. The molecular formula is C20H18ClN5O5S. The topological polar surface area (TPSA) is 139 Å². The number of aromatic nitrogens is 4. The first-order valence-electron chi connectivity index (χ1n) is 9.37. The number of anilines is 1. The highest BCUT2D eigenvalue weighted by Crippen LogP contribution is 2.26. The zero-order valence-corrected chi connectivity index (χ0v) is 18.5. The average Bonchev–Trinajstić information content (AvgIpc) is 3.29. The van der Waals surface area contributed by atoms with Crippen molar-refractivity contribution in [3.63, 3.8) is 0 Å². The number of H-pyrrole nitrogens is 1. The molecule has 0 fully saturated rings. The minimum atomic E-state index is -3.96. The summed E-state index contributed by atoms with van der Waals surface area (Å²) in [4.78, 5) is 10.9. The van der Waals surface area contributed by atoms with Crippen molar-refractivity contribution in [2.45, 2.75) is 24.8 Å². The predicted molar refractivity (Wildman–Crippen MR) is 117 cm³/mol. The molecule has 32 heavy (non-hydrogen) atoms. The molecule has 0 aliphatic carbocycles. The zero-order valence-electron chi connectivity index (χ0n) is 16.9. The summed E-state index contributed by atoms with van der Waals surface area (Å²) >= 11 is 6.18. The van der Waals surface area contributed by atoms with E-state index < -0.39 is 22.1 Å². The zero-order chi connectivity index (χ0) is 23.0. The quantitative estimate of drug-likeness (QED) is 0.370. The summed E-state index contributed by atoms with van der Waals surface area (Å²) in [6.07, 6.45) is -0.472. The van der Waals surface area contributed by atoms with E-state index in [1.165, 1.54) is 30.3 Å². The molecule has 4 rings (SSSR count). The third kappa shape index (κ3) is 4.12. The summed E-state index contributed by atoms with van der Waals surface area (Å²) < 4.78 is 35.1. The molecule has 0 bridgehead atoms. The van der Waals surface area contributed by atoms with Crippen molar-refractivity contribution in [1.29, 1.82) is 0 Å². The fourth-order valence-corrected chi connectivity index (χ4v) is 4.32. The summed E-state index contributed by atoms with van der Waals surface area (Å²) in [6, 6.07) is 11.4. The van der Waals surface area contributed by atoms with Crippen LogP contribution in [0.4, 0.5) is 5.69 Å². The number of aromatic amines is 1. The minimum Gasteiger partial charge on any atom is -0.483 e. The number of ether oxygens (including phenoxy) is 1. The lowest BCUT2D eigenvalue weighted by Gasteiger charge is -2.13. The maximum Gasteiger partial charge on any atom is 0.335 e. The molecule has 2 aromatic heterocycles. The van der Waals surface area contributed by atoms with E-state index in [0.717, 1.165) is 6.07 Å². The SMILES string of the molecule is Cc1nn2c(C(C)Oc3ccc(NS(=O)(=O)c4cccc(C(=O)O)c4)cc3)n[nH]c2c1Cl. The maximum absolute atomic E-state index is 12.6. The number of carboxylic acid groups (broad SMARTS) is 1. The van der Waals surface area contributed by atoms with Crippen molar-refractivity contribution in [1.82, 2.24) is 19.8 Å². The number of fused-ring (bicyclic) bond motifs is 1. The van der Waals surface area contributed by atoms with Crippen LogP contribution >= 0.6 is 11.6 Å². The number of aromatic carboxylic acids is 1. The van der Waals surface area contributed by atoms with Crippen LogP contribution in [0.2, 0.25) is 5.02 Å². The van der Waals surface area contributed by atoms with Gasteiger partial charge in [-0.15, -0.1) is 0 Å². The number of carboxylic acids is 1. The summed E-state index contributed by atoms with van der Waals surface area (Å²) in [5.74, 6) is -0.197. The molecule has 12 heteroatoms. The fraction of sp³-hybridized carbons (Fsp3) is 0.150. The van der Waals surface area contributed by atoms with Crippen molar-refractivity contribution >= 4 is 38.9 Å². The Morgan fingerprint density at radius 2 is 1.97 bits per heavy atom. The van der Waals surface area contributed by atoms with Crippen LogP contribution in [0.1, 0.15) is 34.9 Å². The number of halogens is 1. The molecule has 166 valence electrons. The number of hydrogen-bond acceptors (Lipinski definition) is 6. The van der Waals surface area contributed by atoms with Crippen LogP contribution in [0.5, 0.6) is 5.75 Å². The normalized spacial score (nSPS) is 12.6. The van der Waals surface area contributed by atoms with Gasteiger partial charge in [0.05, 0.1) is 16.2 Å². The third-order valence-corrected chi connectivity index (χ3v) is 6.49. The molecule has 0 amide bonds. The molecule has 2 aromatic carbocycles. The van der Waals surface area contributed by atoms with Crippen molar-refractivity contribution < 1.29 is 23.1 Å². The number of hydrogen-bond donors (Lipinski definition) is 3. The Balaban J connectivity index is 1.48. The number of benzene rings is 2. The lowest BCUT2D eigenvalue weighted by Crippen LogP contribution is -2.14. The van der Waals surface area contributed by atoms with E-state index in [2.05, 4.69) is 20.0 Å². The third-order valence-electron chi connectivity index (χ3n) is 4.66. The number of nitrogens with one attached hydrogen (secondary N) is 2. The lowest BCUT2D eigenvalue weighted by molar-refractivity contribution is 0.0696. The van der Waals surface area contributed by atoms with Gasteiger partial charge in [0.2, 0.25) is 0 Å². The van der Waals surface area contributed by atoms with Gasteiger partial charge in [0.1, 0.15) is 10.8 Å². The van der Waals surface area contributed by atoms with Gasteiger partial charge in [0.25, 0.3) is 10.0 Å². The van der Waals surface area contributed by atoms with Gasteiger partial charge < -0.3 is 9.84 Å². The largest absolute Gasteiger partial charge is 0.483 e. The molecule has 4 aromatic rings. The number of sulfonamides is 1. The maximum atomic E-state index is 12.6. The van der Waals surface area contributed by atoms with Gasteiger partial charge in [-0.3, -0.25) is 9.82 Å². The highest BCUT2D eigenvalue weighted by atomic mass is 35.5. The van der Waals surface area contributed by atoms with E-state index in [-0.39, 0.29) is 10.5 Å². The van der Waals surface area contributed by atoms with Gasteiger partial charge in [0.15, 0.2) is 17.6 Å². The fourth-order valence-electron chi connectivity index (χ4n) is 3.06. The molecule has 0 saturated carbocycles. The first-order valence-corrected chi connectivity index (χ1v) is 11.2. The molecule has 1 atom stereocenters. The summed E-state index contributed by atoms with van der Waals surface area (Å²) in [5.41, 5.74) is 1.42. The molecule has 0 aliphatic rings. The second kappa shape index (κ2) is 8.17. The Labute approximate surface area is 187 Å². The number of rotatable bonds is 7. The first-order chi connectivity index (χ1) is 15.2. The summed E-state index contributed by atoms with van der Waals surface area (Å²) in [7, 11) is -3.96. The van der Waals surface area contributed by atoms with Crippen molar-refractivity contribution in [2.24, 2.45) is 0 Å². The van der Waals surface area contributed by atoms with Gasteiger partial charge in [-0.25, -0.2) is 13.2 Å². The molecule has 2 heterocycles. The van der Waals surface area contributed by atoms with E-state index in [1.54, 1.807) is 30.5 Å². The van der Waals surface area contributed by atoms with Gasteiger partial charge in [-0.2, -0.15) is 14.7 Å².